The summed E-state index contributed by atoms with van der Waals surface area (Å²) in [5.74, 6) is 0. The summed E-state index contributed by atoms with van der Waals surface area (Å²) in [6.07, 6.45) is 0.646. The molecule has 3 nitrogen and oxygen atoms in total. The average Bonchev–Trinajstić information content (AvgIpc) is 2.48. The third-order valence-electron chi connectivity index (χ3n) is 3.42. The monoisotopic (exact) mass is 269 g/mol. The maximum absolute atomic E-state index is 12.4. The van der Waals surface area contributed by atoms with E-state index in [1.807, 2.05) is 60.7 Å². The Hall–Kier alpha value is -2.13. The third-order valence-corrected chi connectivity index (χ3v) is 3.42. The summed E-state index contributed by atoms with van der Waals surface area (Å²) in [5.41, 5.74) is 0.604. The van der Waals surface area contributed by atoms with Crippen molar-refractivity contribution in [2.24, 2.45) is 0 Å². The fourth-order valence-corrected chi connectivity index (χ4v) is 2.00. The first-order chi connectivity index (χ1) is 9.51. The molecule has 0 spiro atoms. The van der Waals surface area contributed by atoms with Crippen LogP contribution >= 0.6 is 0 Å². The van der Waals surface area contributed by atoms with Gasteiger partial charge in [0.2, 0.25) is 0 Å². The van der Waals surface area contributed by atoms with Gasteiger partial charge in [-0.05, 0) is 17.7 Å². The molecule has 1 unspecified atom stereocenters. The molecule has 20 heavy (non-hydrogen) atoms. The quantitative estimate of drug-likeness (QED) is 0.401. The molecule has 1 N–H and O–H groups in total. The van der Waals surface area contributed by atoms with Crippen LogP contribution in [0.15, 0.2) is 60.7 Å². The molecule has 104 valence electrons. The van der Waals surface area contributed by atoms with Crippen molar-refractivity contribution in [2.45, 2.75) is 25.5 Å². The Kier molecular flexibility index (Phi) is 4.20. The first-order valence-electron chi connectivity index (χ1n) is 6.61. The van der Waals surface area contributed by atoms with Gasteiger partial charge in [0.25, 0.3) is 0 Å². The second kappa shape index (κ2) is 5.88. The summed E-state index contributed by atoms with van der Waals surface area (Å²) < 4.78 is 0.819. The Bertz CT molecular complexity index is 576. The zero-order valence-electron chi connectivity index (χ0n) is 11.7. The van der Waals surface area contributed by atoms with Gasteiger partial charge in [-0.25, -0.2) is 4.74 Å². The standard InChI is InChI=1S/C17H19NO2/c1-17(2,16(19)15-11-7-4-8-12-15)18(20)13-14-9-5-3-6-10-14/h3-13,16,19H,1-2H3. The summed E-state index contributed by atoms with van der Waals surface area (Å²) in [6.45, 7) is 3.47. The van der Waals surface area contributed by atoms with E-state index in [4.69, 9.17) is 0 Å². The van der Waals surface area contributed by atoms with Gasteiger partial charge in [-0.2, -0.15) is 0 Å². The predicted molar refractivity (Wildman–Crippen MR) is 80.7 cm³/mol. The molecular formula is C17H19NO2. The van der Waals surface area contributed by atoms with Crippen molar-refractivity contribution >= 4 is 6.21 Å². The van der Waals surface area contributed by atoms with E-state index >= 15 is 0 Å². The molecule has 0 saturated heterocycles. The number of aliphatic hydroxyl groups is 1. The van der Waals surface area contributed by atoms with Crippen LogP contribution in [0.3, 0.4) is 0 Å². The smallest absolute Gasteiger partial charge is 0.197 e. The van der Waals surface area contributed by atoms with Crippen molar-refractivity contribution in [3.05, 3.63) is 77.0 Å². The van der Waals surface area contributed by atoms with E-state index in [0.717, 1.165) is 15.9 Å². The number of rotatable bonds is 4. The third kappa shape index (κ3) is 3.06. The number of nitrogens with zero attached hydrogens (tertiary/aromatic N) is 1. The van der Waals surface area contributed by atoms with E-state index < -0.39 is 11.6 Å². The Balaban J connectivity index is 2.28. The van der Waals surface area contributed by atoms with Crippen molar-refractivity contribution in [1.29, 1.82) is 0 Å². The molecule has 0 amide bonds. The zero-order valence-corrected chi connectivity index (χ0v) is 11.7. The second-order valence-corrected chi connectivity index (χ2v) is 5.33. The molecule has 0 aromatic heterocycles. The lowest BCUT2D eigenvalue weighted by atomic mass is 9.91. The maximum atomic E-state index is 12.4. The van der Waals surface area contributed by atoms with Gasteiger partial charge in [0.05, 0.1) is 0 Å². The van der Waals surface area contributed by atoms with E-state index in [2.05, 4.69) is 0 Å². The van der Waals surface area contributed by atoms with Gasteiger partial charge in [-0.1, -0.05) is 48.5 Å². The molecule has 2 aromatic rings. The summed E-state index contributed by atoms with van der Waals surface area (Å²) in [4.78, 5) is 0. The van der Waals surface area contributed by atoms with E-state index in [9.17, 15) is 10.3 Å². The largest absolute Gasteiger partial charge is 0.623 e. The second-order valence-electron chi connectivity index (χ2n) is 5.33. The average molecular weight is 269 g/mol. The number of aliphatic hydroxyl groups excluding tert-OH is 1. The van der Waals surface area contributed by atoms with Gasteiger partial charge in [0, 0.05) is 19.4 Å². The highest BCUT2D eigenvalue weighted by Gasteiger charge is 2.36. The Morgan fingerprint density at radius 2 is 1.50 bits per heavy atom. The van der Waals surface area contributed by atoms with Gasteiger partial charge in [-0.3, -0.25) is 0 Å². The zero-order chi connectivity index (χ0) is 14.6. The molecule has 0 aliphatic carbocycles. The SMILES string of the molecule is CC(C)(C(O)c1ccccc1)[N+]([O-])=Cc1ccccc1. The van der Waals surface area contributed by atoms with E-state index in [0.29, 0.717) is 0 Å². The lowest BCUT2D eigenvalue weighted by Gasteiger charge is -2.29. The van der Waals surface area contributed by atoms with Crippen LogP contribution < -0.4 is 0 Å². The molecule has 2 rings (SSSR count). The highest BCUT2D eigenvalue weighted by atomic mass is 16.5. The molecule has 0 fully saturated rings. The molecule has 0 bridgehead atoms. The van der Waals surface area contributed by atoms with E-state index in [1.165, 1.54) is 6.21 Å². The minimum absolute atomic E-state index is 0.736. The molecule has 0 aliphatic heterocycles. The first-order valence-corrected chi connectivity index (χ1v) is 6.61. The van der Waals surface area contributed by atoms with Crippen molar-refractivity contribution in [2.75, 3.05) is 0 Å². The van der Waals surface area contributed by atoms with E-state index in [1.54, 1.807) is 13.8 Å². The number of hydroxylamine groups is 1. The Labute approximate surface area is 119 Å². The van der Waals surface area contributed by atoms with Gasteiger partial charge in [0.1, 0.15) is 6.10 Å². The van der Waals surface area contributed by atoms with Crippen LogP contribution in [0, 0.1) is 5.21 Å². The first kappa shape index (κ1) is 14.3. The van der Waals surface area contributed by atoms with Gasteiger partial charge >= 0.3 is 0 Å². The summed E-state index contributed by atoms with van der Waals surface area (Å²) in [5, 5.41) is 22.8. The molecule has 0 saturated carbocycles. The molecular weight excluding hydrogens is 250 g/mol. The van der Waals surface area contributed by atoms with Gasteiger partial charge in [0.15, 0.2) is 11.8 Å². The topological polar surface area (TPSA) is 46.3 Å². The normalized spacial score (nSPS) is 14.1. The van der Waals surface area contributed by atoms with Crippen LogP contribution in [0.25, 0.3) is 0 Å². The molecule has 0 radical (unpaired) electrons. The molecule has 0 heterocycles. The van der Waals surface area contributed by atoms with Gasteiger partial charge < -0.3 is 10.3 Å². The highest BCUT2D eigenvalue weighted by molar-refractivity contribution is 5.75. The molecule has 2 aromatic carbocycles. The lowest BCUT2D eigenvalue weighted by Crippen LogP contribution is -2.40. The fourth-order valence-electron chi connectivity index (χ4n) is 2.00. The molecule has 0 aliphatic rings. The van der Waals surface area contributed by atoms with Crippen LogP contribution in [-0.2, 0) is 0 Å². The Morgan fingerprint density at radius 3 is 2.05 bits per heavy atom. The number of hydrogen-bond acceptors (Lipinski definition) is 2. The van der Waals surface area contributed by atoms with Crippen LogP contribution in [0.1, 0.15) is 31.1 Å². The molecule has 1 atom stereocenters. The Morgan fingerprint density at radius 1 is 1.00 bits per heavy atom. The lowest BCUT2D eigenvalue weighted by molar-refractivity contribution is -0.551. The van der Waals surface area contributed by atoms with Crippen molar-refractivity contribution < 1.29 is 9.85 Å². The predicted octanol–water partition coefficient (Wildman–Crippen LogP) is 3.13. The number of benzene rings is 2. The van der Waals surface area contributed by atoms with Crippen LogP contribution in [0.5, 0.6) is 0 Å². The van der Waals surface area contributed by atoms with Gasteiger partial charge in [-0.15, -0.1) is 0 Å². The summed E-state index contributed by atoms with van der Waals surface area (Å²) >= 11 is 0. The van der Waals surface area contributed by atoms with Crippen LogP contribution in [-0.4, -0.2) is 21.6 Å². The highest BCUT2D eigenvalue weighted by Crippen LogP contribution is 2.28. The minimum atomic E-state index is -0.947. The summed E-state index contributed by atoms with van der Waals surface area (Å²) in [7, 11) is 0. The fraction of sp³-hybridized carbons (Fsp3) is 0.235. The summed E-state index contributed by atoms with van der Waals surface area (Å²) in [6, 6.07) is 18.6. The van der Waals surface area contributed by atoms with Crippen molar-refractivity contribution in [3.8, 4) is 0 Å². The van der Waals surface area contributed by atoms with E-state index in [-0.39, 0.29) is 0 Å². The minimum Gasteiger partial charge on any atom is -0.623 e. The van der Waals surface area contributed by atoms with Crippen LogP contribution in [0.4, 0.5) is 0 Å². The maximum Gasteiger partial charge on any atom is 0.197 e. The van der Waals surface area contributed by atoms with Crippen molar-refractivity contribution in [1.82, 2.24) is 0 Å². The van der Waals surface area contributed by atoms with Crippen LogP contribution in [0.2, 0.25) is 0 Å². The van der Waals surface area contributed by atoms with Crippen molar-refractivity contribution in [3.63, 3.8) is 0 Å². The molecule has 3 heteroatoms. The number of hydrogen-bond donors (Lipinski definition) is 1.